The Morgan fingerprint density at radius 1 is 0.483 bits per heavy atom. The fourth-order valence-electron chi connectivity index (χ4n) is 4.07. The molecule has 0 aliphatic rings. The molecule has 0 radical (unpaired) electrons. The van der Waals surface area contributed by atoms with Gasteiger partial charge in [0.1, 0.15) is 24.2 Å². The molecule has 6 amide bonds. The van der Waals surface area contributed by atoms with Gasteiger partial charge in [-0.3, -0.25) is 48.3 Å². The van der Waals surface area contributed by atoms with Crippen molar-refractivity contribution in [1.82, 2.24) is 31.9 Å². The number of aliphatic imine (C=N–C) groups is 2. The lowest BCUT2D eigenvalue weighted by Gasteiger charge is -2.19. The molecule has 24 N–H and O–H groups in total. The first kappa shape index (κ1) is 55.2. The Morgan fingerprint density at radius 3 is 1.05 bits per heavy atom. The molecular weight excluding hydrogens is 812 g/mol. The largest absolute Gasteiger partial charge is 0.481 e. The monoisotopic (exact) mass is 866 g/mol. The Kier molecular flexibility index (Phi) is 27.8. The fourth-order valence-corrected chi connectivity index (χ4v) is 4.07. The van der Waals surface area contributed by atoms with Crippen LogP contribution in [-0.2, 0) is 47.9 Å². The number of carbonyl (C=O) groups is 10. The third kappa shape index (κ3) is 26.8. The lowest BCUT2D eigenvalue weighted by atomic mass is 10.1. The second kappa shape index (κ2) is 30.2. The first-order chi connectivity index (χ1) is 27.9. The van der Waals surface area contributed by atoms with Crippen molar-refractivity contribution in [2.45, 2.75) is 74.8 Å². The minimum atomic E-state index is -1.68. The summed E-state index contributed by atoms with van der Waals surface area (Å²) in [5, 5.41) is 65.6. The smallest absolute Gasteiger partial charge is 0.328 e. The molecule has 0 fully saturated rings. The van der Waals surface area contributed by atoms with Crippen LogP contribution in [0.3, 0.4) is 0 Å². The van der Waals surface area contributed by atoms with Crippen molar-refractivity contribution in [3.63, 3.8) is 0 Å². The van der Waals surface area contributed by atoms with Crippen LogP contribution in [0, 0.1) is 0 Å². The third-order valence-corrected chi connectivity index (χ3v) is 7.11. The standard InChI is InChI=1S/2C15H27N7O8/c2*16-7(2-1-3-19-15(17)18)12(27)20-5-10(24)21-8(4-11(25)26)13(28)22-9(6-23)14(29)30/h2*7-9,23H,1-6,16H2,(H,20,27)(H,21,24)(H,22,28)(H,25,26)(H,29,30)(H4,17,18,19)/t2*7-,8-,9-/m00/s1. The average Bonchev–Trinajstić information content (AvgIpc) is 3.15. The maximum absolute atomic E-state index is 12.0. The molecule has 0 rings (SSSR count). The number of aliphatic hydroxyl groups excluding tert-OH is 2. The van der Waals surface area contributed by atoms with Gasteiger partial charge in [-0.25, -0.2) is 9.59 Å². The number of nitrogens with two attached hydrogens (primary N) is 6. The van der Waals surface area contributed by atoms with Gasteiger partial charge in [0.15, 0.2) is 11.9 Å². The van der Waals surface area contributed by atoms with E-state index in [1.165, 1.54) is 0 Å². The van der Waals surface area contributed by atoms with Crippen LogP contribution in [0.2, 0.25) is 0 Å². The van der Waals surface area contributed by atoms with Gasteiger partial charge in [-0.05, 0) is 25.7 Å². The van der Waals surface area contributed by atoms with Gasteiger partial charge in [0, 0.05) is 13.1 Å². The van der Waals surface area contributed by atoms with E-state index in [-0.39, 0.29) is 37.9 Å². The minimum absolute atomic E-state index is 0.0988. The maximum atomic E-state index is 12.0. The van der Waals surface area contributed by atoms with Crippen molar-refractivity contribution >= 4 is 71.2 Å². The van der Waals surface area contributed by atoms with Crippen LogP contribution >= 0.6 is 0 Å². The van der Waals surface area contributed by atoms with Gasteiger partial charge in [-0.1, -0.05) is 0 Å². The summed E-state index contributed by atoms with van der Waals surface area (Å²) in [5.41, 5.74) is 31.9. The normalized spacial score (nSPS) is 13.3. The van der Waals surface area contributed by atoms with Crippen LogP contribution in [0.25, 0.3) is 0 Å². The van der Waals surface area contributed by atoms with E-state index in [2.05, 4.69) is 31.3 Å². The number of nitrogens with one attached hydrogen (secondary N) is 6. The molecule has 0 saturated carbocycles. The third-order valence-electron chi connectivity index (χ3n) is 7.11. The molecule has 0 unspecified atom stereocenters. The number of carboxylic acids is 4. The molecule has 60 heavy (non-hydrogen) atoms. The highest BCUT2D eigenvalue weighted by atomic mass is 16.4. The number of carbonyl (C=O) groups excluding carboxylic acids is 6. The van der Waals surface area contributed by atoms with Crippen molar-refractivity contribution in [1.29, 1.82) is 0 Å². The summed E-state index contributed by atoms with van der Waals surface area (Å²) in [4.78, 5) is 123. The van der Waals surface area contributed by atoms with E-state index < -0.39 is 135 Å². The van der Waals surface area contributed by atoms with Gasteiger partial charge < -0.3 is 96.9 Å². The van der Waals surface area contributed by atoms with Crippen LogP contribution < -0.4 is 66.3 Å². The van der Waals surface area contributed by atoms with Gasteiger partial charge in [-0.2, -0.15) is 0 Å². The Hall–Kier alpha value is -6.92. The van der Waals surface area contributed by atoms with Gasteiger partial charge in [0.2, 0.25) is 35.4 Å². The molecule has 0 saturated heterocycles. The molecule has 340 valence electrons. The first-order valence-corrected chi connectivity index (χ1v) is 17.4. The molecule has 6 atom stereocenters. The molecule has 0 heterocycles. The topological polar surface area (TPSA) is 545 Å². The summed E-state index contributed by atoms with van der Waals surface area (Å²) in [6, 6.07) is -8.52. The summed E-state index contributed by atoms with van der Waals surface area (Å²) in [6.45, 7) is -2.56. The number of rotatable bonds is 28. The van der Waals surface area contributed by atoms with E-state index in [9.17, 15) is 47.9 Å². The lowest BCUT2D eigenvalue weighted by Crippen LogP contribution is -2.55. The van der Waals surface area contributed by atoms with E-state index in [0.29, 0.717) is 12.8 Å². The first-order valence-electron chi connectivity index (χ1n) is 17.4. The zero-order valence-electron chi connectivity index (χ0n) is 32.1. The summed E-state index contributed by atoms with van der Waals surface area (Å²) in [5.74, 6) is -11.6. The van der Waals surface area contributed by atoms with E-state index in [1.807, 2.05) is 10.6 Å². The van der Waals surface area contributed by atoms with Crippen LogP contribution in [0.1, 0.15) is 38.5 Å². The van der Waals surface area contributed by atoms with E-state index in [4.69, 9.17) is 65.0 Å². The van der Waals surface area contributed by atoms with Gasteiger partial charge in [0.05, 0.1) is 51.2 Å². The Labute approximate surface area is 340 Å². The zero-order valence-corrected chi connectivity index (χ0v) is 32.1. The quantitative estimate of drug-likeness (QED) is 0.0197. The summed E-state index contributed by atoms with van der Waals surface area (Å²) >= 11 is 0. The number of aliphatic hydroxyl groups is 2. The van der Waals surface area contributed by atoms with Crippen LogP contribution in [0.15, 0.2) is 9.98 Å². The number of aliphatic carboxylic acids is 4. The Balaban J connectivity index is 0. The number of amides is 6. The molecule has 0 aromatic rings. The predicted octanol–water partition coefficient (Wildman–Crippen LogP) is -9.99. The van der Waals surface area contributed by atoms with E-state index >= 15 is 0 Å². The second-order valence-corrected chi connectivity index (χ2v) is 12.1. The van der Waals surface area contributed by atoms with Gasteiger partial charge >= 0.3 is 23.9 Å². The average molecular weight is 867 g/mol. The minimum Gasteiger partial charge on any atom is -0.481 e. The summed E-state index contributed by atoms with van der Waals surface area (Å²) < 4.78 is 0. The van der Waals surface area contributed by atoms with E-state index in [1.54, 1.807) is 0 Å². The molecule has 0 aromatic heterocycles. The van der Waals surface area contributed by atoms with Crippen molar-refractivity contribution in [2.24, 2.45) is 44.4 Å². The predicted molar refractivity (Wildman–Crippen MR) is 203 cm³/mol. The SMILES string of the molecule is NC(N)=NCCC[C@H](N)C(=O)NCC(=O)N[C@@H](CC(=O)O)C(=O)N[C@@H](CO)C(=O)O.NC(N)=NCCC[C@H](N)C(=O)NCC(=O)N[C@@H](CC(=O)O)C(=O)N[C@@H](CO)C(=O)O. The molecule has 0 aliphatic heterocycles. The van der Waals surface area contributed by atoms with E-state index in [0.717, 1.165) is 0 Å². The van der Waals surface area contributed by atoms with Crippen LogP contribution in [-0.4, -0.2) is 178 Å². The van der Waals surface area contributed by atoms with Gasteiger partial charge in [-0.15, -0.1) is 0 Å². The molecule has 0 bridgehead atoms. The molecular formula is C30H54N14O16. The fraction of sp³-hybridized carbons (Fsp3) is 0.600. The second-order valence-electron chi connectivity index (χ2n) is 12.1. The number of hydrogen-bond donors (Lipinski definition) is 18. The highest BCUT2D eigenvalue weighted by Crippen LogP contribution is 1.99. The zero-order chi connectivity index (χ0) is 46.5. The van der Waals surface area contributed by atoms with Crippen molar-refractivity contribution in [2.75, 3.05) is 39.4 Å². The highest BCUT2D eigenvalue weighted by Gasteiger charge is 2.30. The van der Waals surface area contributed by atoms with Gasteiger partial charge in [0.25, 0.3) is 0 Å². The number of carboxylic acid groups (broad SMARTS) is 4. The summed E-state index contributed by atoms with van der Waals surface area (Å²) in [6.07, 6.45) is -0.427. The highest BCUT2D eigenvalue weighted by molar-refractivity contribution is 5.95. The molecule has 0 aliphatic carbocycles. The lowest BCUT2D eigenvalue weighted by molar-refractivity contribution is -0.145. The Bertz CT molecular complexity index is 1440. The van der Waals surface area contributed by atoms with Crippen LogP contribution in [0.4, 0.5) is 0 Å². The molecule has 0 spiro atoms. The number of hydrogen-bond acceptors (Lipinski definition) is 16. The molecule has 30 heteroatoms. The molecule has 0 aromatic carbocycles. The molecule has 30 nitrogen and oxygen atoms in total. The number of guanidine groups is 2. The maximum Gasteiger partial charge on any atom is 0.328 e. The summed E-state index contributed by atoms with van der Waals surface area (Å²) in [7, 11) is 0. The van der Waals surface area contributed by atoms with Crippen molar-refractivity contribution < 1.29 is 78.6 Å². The van der Waals surface area contributed by atoms with Crippen LogP contribution in [0.5, 0.6) is 0 Å². The Morgan fingerprint density at radius 2 is 0.800 bits per heavy atom. The van der Waals surface area contributed by atoms with Crippen molar-refractivity contribution in [3.8, 4) is 0 Å². The number of nitrogens with zero attached hydrogens (tertiary/aromatic N) is 2. The van der Waals surface area contributed by atoms with Crippen molar-refractivity contribution in [3.05, 3.63) is 0 Å².